The topological polar surface area (TPSA) is 74.6 Å². The fraction of sp³-hybridized carbons (Fsp3) is 0.133. The maximum atomic E-state index is 13.4. The Bertz CT molecular complexity index is 1380. The molecule has 0 radical (unpaired) electrons. The van der Waals surface area contributed by atoms with E-state index in [1.807, 2.05) is 36.4 Å². The van der Waals surface area contributed by atoms with Gasteiger partial charge in [-0.15, -0.1) is 0 Å². The molecule has 0 fully saturated rings. The van der Waals surface area contributed by atoms with Crippen LogP contribution in [0.5, 0.6) is 11.5 Å². The molecule has 168 valence electrons. The van der Waals surface area contributed by atoms with Gasteiger partial charge in [0.15, 0.2) is 11.6 Å². The van der Waals surface area contributed by atoms with E-state index in [9.17, 15) is 19.8 Å². The van der Waals surface area contributed by atoms with Gasteiger partial charge in [0.25, 0.3) is 0 Å². The van der Waals surface area contributed by atoms with Crippen LogP contribution < -0.4 is 0 Å². The molecule has 0 atom stereocenters. The molecule has 4 aromatic carbocycles. The van der Waals surface area contributed by atoms with Crippen LogP contribution in [-0.4, -0.2) is 21.8 Å². The van der Waals surface area contributed by atoms with Gasteiger partial charge < -0.3 is 10.2 Å². The van der Waals surface area contributed by atoms with E-state index in [1.54, 1.807) is 48.5 Å². The Morgan fingerprint density at radius 3 is 1.76 bits per heavy atom. The second kappa shape index (κ2) is 8.99. The molecule has 4 nitrogen and oxygen atoms in total. The van der Waals surface area contributed by atoms with E-state index < -0.39 is 0 Å². The molecule has 4 heteroatoms. The van der Waals surface area contributed by atoms with Gasteiger partial charge in [0.2, 0.25) is 0 Å². The summed E-state index contributed by atoms with van der Waals surface area (Å²) in [5.74, 6) is -0.160. The van der Waals surface area contributed by atoms with Gasteiger partial charge in [-0.3, -0.25) is 9.59 Å². The van der Waals surface area contributed by atoms with Crippen molar-refractivity contribution >= 4 is 11.6 Å². The highest BCUT2D eigenvalue weighted by atomic mass is 16.3. The molecule has 4 aromatic rings. The normalized spacial score (nSPS) is 12.7. The summed E-state index contributed by atoms with van der Waals surface area (Å²) in [5, 5.41) is 21.7. The lowest BCUT2D eigenvalue weighted by molar-refractivity contribution is 0.102. The summed E-state index contributed by atoms with van der Waals surface area (Å²) >= 11 is 0. The average Bonchev–Trinajstić information content (AvgIpc) is 2.86. The number of benzene rings is 4. The standard InChI is InChI=1S/C30H24O4/c31-26-18-23-15-12-19-11-13-22(30(34)27(19)29(33)21-9-5-2-6-10-21)14-16-24(26)17-25(23)28(32)20-7-3-1-4-8-20/h1-11,13,17-18,31,34H,12,14-16H2. The largest absolute Gasteiger partial charge is 0.508 e. The summed E-state index contributed by atoms with van der Waals surface area (Å²) in [4.78, 5) is 26.7. The van der Waals surface area contributed by atoms with E-state index >= 15 is 0 Å². The predicted octanol–water partition coefficient (Wildman–Crippen LogP) is 5.44. The SMILES string of the molecule is O=C(c1ccccc1)c1cc2c(O)cc1CCc1ccc(c(O)c1C(=O)c1ccccc1)CC2. The highest BCUT2D eigenvalue weighted by Crippen LogP contribution is 2.34. The molecule has 2 N–H and O–H groups in total. The van der Waals surface area contributed by atoms with Gasteiger partial charge in [-0.2, -0.15) is 0 Å². The van der Waals surface area contributed by atoms with Gasteiger partial charge in [0.1, 0.15) is 11.5 Å². The fourth-order valence-electron chi connectivity index (χ4n) is 4.65. The Morgan fingerprint density at radius 1 is 0.559 bits per heavy atom. The number of phenols is 2. The van der Waals surface area contributed by atoms with Crippen LogP contribution in [0.4, 0.5) is 0 Å². The van der Waals surface area contributed by atoms with Gasteiger partial charge in [-0.05, 0) is 60.1 Å². The van der Waals surface area contributed by atoms with Gasteiger partial charge in [0.05, 0.1) is 5.56 Å². The minimum absolute atomic E-state index is 0.00133. The second-order valence-corrected chi connectivity index (χ2v) is 8.64. The predicted molar refractivity (Wildman–Crippen MR) is 131 cm³/mol. The van der Waals surface area contributed by atoms with E-state index in [4.69, 9.17) is 0 Å². The van der Waals surface area contributed by atoms with Crippen LogP contribution in [0.2, 0.25) is 0 Å². The Morgan fingerprint density at radius 2 is 1.09 bits per heavy atom. The van der Waals surface area contributed by atoms with Crippen LogP contribution in [0.15, 0.2) is 84.9 Å². The molecule has 4 aliphatic carbocycles. The van der Waals surface area contributed by atoms with Crippen LogP contribution in [-0.2, 0) is 25.7 Å². The van der Waals surface area contributed by atoms with Gasteiger partial charge in [-0.25, -0.2) is 0 Å². The minimum atomic E-state index is -0.218. The molecule has 0 aliphatic heterocycles. The van der Waals surface area contributed by atoms with E-state index in [0.717, 1.165) is 11.1 Å². The number of aryl methyl sites for hydroxylation is 4. The van der Waals surface area contributed by atoms with Crippen molar-refractivity contribution in [3.63, 3.8) is 0 Å². The Labute approximate surface area is 198 Å². The van der Waals surface area contributed by atoms with Crippen LogP contribution in [0.25, 0.3) is 0 Å². The third-order valence-corrected chi connectivity index (χ3v) is 6.52. The lowest BCUT2D eigenvalue weighted by Crippen LogP contribution is -2.12. The number of ketones is 2. The molecule has 4 bridgehead atoms. The first-order valence-electron chi connectivity index (χ1n) is 11.4. The van der Waals surface area contributed by atoms with Crippen LogP contribution in [0.1, 0.15) is 54.1 Å². The molecule has 8 rings (SSSR count). The van der Waals surface area contributed by atoms with E-state index in [-0.39, 0.29) is 23.1 Å². The van der Waals surface area contributed by atoms with Crippen molar-refractivity contribution in [2.75, 3.05) is 0 Å². The zero-order valence-corrected chi connectivity index (χ0v) is 18.6. The summed E-state index contributed by atoms with van der Waals surface area (Å²) in [6, 6.07) is 25.3. The third kappa shape index (κ3) is 3.99. The molecule has 34 heavy (non-hydrogen) atoms. The van der Waals surface area contributed by atoms with Crippen molar-refractivity contribution in [2.45, 2.75) is 25.7 Å². The first-order valence-corrected chi connectivity index (χ1v) is 11.4. The molecule has 0 unspecified atom stereocenters. The summed E-state index contributed by atoms with van der Waals surface area (Å²) in [5.41, 5.74) is 4.71. The molecule has 0 saturated heterocycles. The highest BCUT2D eigenvalue weighted by Gasteiger charge is 2.24. The minimum Gasteiger partial charge on any atom is -0.508 e. The van der Waals surface area contributed by atoms with Crippen LogP contribution in [0.3, 0.4) is 0 Å². The van der Waals surface area contributed by atoms with Crippen molar-refractivity contribution in [1.29, 1.82) is 0 Å². The quantitative estimate of drug-likeness (QED) is 0.408. The summed E-state index contributed by atoms with van der Waals surface area (Å²) in [7, 11) is 0. The first kappa shape index (κ1) is 21.7. The number of hydrogen-bond donors (Lipinski definition) is 2. The molecule has 0 amide bonds. The highest BCUT2D eigenvalue weighted by molar-refractivity contribution is 6.12. The maximum absolute atomic E-state index is 13.4. The number of rotatable bonds is 4. The van der Waals surface area contributed by atoms with Gasteiger partial charge in [-0.1, -0.05) is 72.8 Å². The lowest BCUT2D eigenvalue weighted by atomic mass is 9.86. The van der Waals surface area contributed by atoms with Gasteiger partial charge >= 0.3 is 0 Å². The lowest BCUT2D eigenvalue weighted by Gasteiger charge is -2.19. The second-order valence-electron chi connectivity index (χ2n) is 8.64. The zero-order chi connectivity index (χ0) is 23.7. The monoisotopic (exact) mass is 448 g/mol. The fourth-order valence-corrected chi connectivity index (χ4v) is 4.65. The molecule has 0 saturated carbocycles. The van der Waals surface area contributed by atoms with Gasteiger partial charge in [0, 0.05) is 16.7 Å². The molecule has 0 spiro atoms. The summed E-state index contributed by atoms with van der Waals surface area (Å²) in [6.07, 6.45) is 1.73. The molecule has 4 aliphatic rings. The van der Waals surface area contributed by atoms with Crippen LogP contribution in [0, 0.1) is 0 Å². The van der Waals surface area contributed by atoms with Crippen molar-refractivity contribution < 1.29 is 19.8 Å². The Balaban J connectivity index is 1.60. The smallest absolute Gasteiger partial charge is 0.197 e. The van der Waals surface area contributed by atoms with Crippen molar-refractivity contribution in [3.05, 3.63) is 129 Å². The Hall–Kier alpha value is -4.18. The number of carbonyl (C=O) groups is 2. The average molecular weight is 449 g/mol. The van der Waals surface area contributed by atoms with Crippen molar-refractivity contribution in [1.82, 2.24) is 0 Å². The first-order chi connectivity index (χ1) is 16.5. The van der Waals surface area contributed by atoms with E-state index in [1.165, 1.54) is 0 Å². The summed E-state index contributed by atoms with van der Waals surface area (Å²) in [6.45, 7) is 0. The molecular weight excluding hydrogens is 424 g/mol. The zero-order valence-electron chi connectivity index (χ0n) is 18.6. The van der Waals surface area contributed by atoms with E-state index in [2.05, 4.69) is 0 Å². The molecular formula is C30H24O4. The maximum Gasteiger partial charge on any atom is 0.197 e. The van der Waals surface area contributed by atoms with Crippen molar-refractivity contribution in [3.8, 4) is 11.5 Å². The number of carbonyl (C=O) groups excluding carboxylic acids is 2. The number of phenolic OH excluding ortho intramolecular Hbond substituents is 2. The van der Waals surface area contributed by atoms with E-state index in [0.29, 0.717) is 59.1 Å². The number of hydrogen-bond acceptors (Lipinski definition) is 4. The molecule has 0 heterocycles. The molecule has 0 aromatic heterocycles. The van der Waals surface area contributed by atoms with Crippen molar-refractivity contribution in [2.24, 2.45) is 0 Å². The van der Waals surface area contributed by atoms with Crippen LogP contribution >= 0.6 is 0 Å². The third-order valence-electron chi connectivity index (χ3n) is 6.52. The summed E-state index contributed by atoms with van der Waals surface area (Å²) < 4.78 is 0. The number of aromatic hydroxyl groups is 2. The Kier molecular flexibility index (Phi) is 5.72.